The first-order valence-electron chi connectivity index (χ1n) is 3.67. The summed E-state index contributed by atoms with van der Waals surface area (Å²) in [7, 11) is 0. The lowest BCUT2D eigenvalue weighted by Crippen LogP contribution is -2.00. The Labute approximate surface area is 74.4 Å². The Morgan fingerprint density at radius 3 is 2.00 bits per heavy atom. The van der Waals surface area contributed by atoms with Gasteiger partial charge in [0.1, 0.15) is 0 Å². The van der Waals surface area contributed by atoms with Gasteiger partial charge in [0.15, 0.2) is 0 Å². The van der Waals surface area contributed by atoms with Crippen LogP contribution in [0.4, 0.5) is 5.69 Å². The van der Waals surface area contributed by atoms with Gasteiger partial charge in [-0.2, -0.15) is 0 Å². The number of para-hydroxylation sites is 1. The van der Waals surface area contributed by atoms with Crippen LogP contribution in [0.2, 0.25) is 0 Å². The van der Waals surface area contributed by atoms with Gasteiger partial charge in [0.2, 0.25) is 0 Å². The van der Waals surface area contributed by atoms with Crippen LogP contribution in [0.15, 0.2) is 18.2 Å². The fourth-order valence-electron chi connectivity index (χ4n) is 1.13. The van der Waals surface area contributed by atoms with E-state index < -0.39 is 18.1 Å². The van der Waals surface area contributed by atoms with E-state index in [9.17, 15) is 10.1 Å². The second-order valence-electron chi connectivity index (χ2n) is 2.50. The smallest absolute Gasteiger partial charge is 0.280 e. The average molecular weight is 183 g/mol. The third-order valence-corrected chi connectivity index (χ3v) is 1.73. The molecular formula is C8H9NO4. The van der Waals surface area contributed by atoms with E-state index in [-0.39, 0.29) is 16.8 Å². The molecule has 1 aromatic rings. The van der Waals surface area contributed by atoms with Crippen molar-refractivity contribution in [1.29, 1.82) is 0 Å². The molecule has 0 bridgehead atoms. The Bertz CT molecular complexity index is 302. The third-order valence-electron chi connectivity index (χ3n) is 1.73. The number of benzene rings is 1. The summed E-state index contributed by atoms with van der Waals surface area (Å²) in [6.07, 6.45) is 0. The van der Waals surface area contributed by atoms with E-state index in [2.05, 4.69) is 0 Å². The summed E-state index contributed by atoms with van der Waals surface area (Å²) >= 11 is 0. The molecule has 0 radical (unpaired) electrons. The Hall–Kier alpha value is -1.46. The quantitative estimate of drug-likeness (QED) is 0.530. The van der Waals surface area contributed by atoms with E-state index in [0.717, 1.165) is 0 Å². The van der Waals surface area contributed by atoms with Crippen LogP contribution in [-0.2, 0) is 13.2 Å². The van der Waals surface area contributed by atoms with E-state index in [1.165, 1.54) is 12.1 Å². The molecule has 0 saturated heterocycles. The molecule has 0 amide bonds. The lowest BCUT2D eigenvalue weighted by molar-refractivity contribution is -0.386. The molecular weight excluding hydrogens is 174 g/mol. The molecule has 0 fully saturated rings. The van der Waals surface area contributed by atoms with Crippen molar-refractivity contribution in [3.05, 3.63) is 39.4 Å². The predicted molar refractivity (Wildman–Crippen MR) is 44.9 cm³/mol. The predicted octanol–water partition coefficient (Wildman–Crippen LogP) is 0.579. The van der Waals surface area contributed by atoms with Crippen molar-refractivity contribution in [1.82, 2.24) is 0 Å². The Balaban J connectivity index is 3.29. The monoisotopic (exact) mass is 183 g/mol. The Kier molecular flexibility index (Phi) is 2.94. The zero-order valence-electron chi connectivity index (χ0n) is 6.80. The van der Waals surface area contributed by atoms with Crippen LogP contribution in [0.5, 0.6) is 0 Å². The van der Waals surface area contributed by atoms with Crippen molar-refractivity contribution in [2.45, 2.75) is 13.2 Å². The van der Waals surface area contributed by atoms with Crippen molar-refractivity contribution in [2.24, 2.45) is 0 Å². The number of nitro groups is 1. The minimum atomic E-state index is -0.600. The van der Waals surface area contributed by atoms with Gasteiger partial charge in [-0.3, -0.25) is 10.1 Å². The van der Waals surface area contributed by atoms with Gasteiger partial charge in [0.25, 0.3) is 5.69 Å². The highest BCUT2D eigenvalue weighted by atomic mass is 16.6. The molecule has 1 aromatic carbocycles. The highest BCUT2D eigenvalue weighted by molar-refractivity contribution is 5.47. The summed E-state index contributed by atoms with van der Waals surface area (Å²) in [5.74, 6) is 0. The van der Waals surface area contributed by atoms with Gasteiger partial charge in [-0.05, 0) is 12.1 Å². The van der Waals surface area contributed by atoms with Gasteiger partial charge in [-0.15, -0.1) is 0 Å². The second-order valence-corrected chi connectivity index (χ2v) is 2.50. The van der Waals surface area contributed by atoms with Crippen molar-refractivity contribution in [2.75, 3.05) is 0 Å². The number of hydrogen-bond donors (Lipinski definition) is 2. The number of nitrogens with zero attached hydrogens (tertiary/aromatic N) is 1. The van der Waals surface area contributed by atoms with E-state index in [1.807, 2.05) is 0 Å². The van der Waals surface area contributed by atoms with Gasteiger partial charge in [-0.1, -0.05) is 6.07 Å². The number of aliphatic hydroxyl groups excluding tert-OH is 2. The lowest BCUT2D eigenvalue weighted by Gasteiger charge is -2.02. The number of nitro benzene ring substituents is 1. The maximum Gasteiger partial charge on any atom is 0.280 e. The normalized spacial score (nSPS) is 10.0. The highest BCUT2D eigenvalue weighted by Gasteiger charge is 2.17. The van der Waals surface area contributed by atoms with Crippen LogP contribution in [0.3, 0.4) is 0 Å². The Morgan fingerprint density at radius 1 is 1.23 bits per heavy atom. The van der Waals surface area contributed by atoms with Crippen LogP contribution in [0.1, 0.15) is 11.1 Å². The van der Waals surface area contributed by atoms with Gasteiger partial charge in [-0.25, -0.2) is 0 Å². The first kappa shape index (κ1) is 9.63. The molecule has 5 nitrogen and oxygen atoms in total. The maximum absolute atomic E-state index is 10.5. The SMILES string of the molecule is O=[N+]([O-])c1c(CO)cccc1CO. The van der Waals surface area contributed by atoms with Crippen LogP contribution in [-0.4, -0.2) is 15.1 Å². The highest BCUT2D eigenvalue weighted by Crippen LogP contribution is 2.23. The third kappa shape index (κ3) is 1.82. The van der Waals surface area contributed by atoms with E-state index in [1.54, 1.807) is 6.07 Å². The summed E-state index contributed by atoms with van der Waals surface area (Å²) in [5, 5.41) is 28.1. The molecule has 0 saturated carbocycles. The zero-order chi connectivity index (χ0) is 9.84. The molecule has 0 aliphatic rings. The minimum Gasteiger partial charge on any atom is -0.391 e. The fraction of sp³-hybridized carbons (Fsp3) is 0.250. The molecule has 0 unspecified atom stereocenters. The van der Waals surface area contributed by atoms with Crippen LogP contribution < -0.4 is 0 Å². The molecule has 70 valence electrons. The molecule has 0 spiro atoms. The summed E-state index contributed by atoms with van der Waals surface area (Å²) in [4.78, 5) is 9.94. The topological polar surface area (TPSA) is 83.6 Å². The van der Waals surface area contributed by atoms with E-state index in [0.29, 0.717) is 0 Å². The molecule has 0 heterocycles. The molecule has 0 aliphatic heterocycles. The van der Waals surface area contributed by atoms with Gasteiger partial charge in [0, 0.05) is 0 Å². The summed E-state index contributed by atoms with van der Waals surface area (Å²) in [6.45, 7) is -0.797. The molecule has 0 aromatic heterocycles. The van der Waals surface area contributed by atoms with Crippen molar-refractivity contribution in [3.63, 3.8) is 0 Å². The molecule has 5 heteroatoms. The fourth-order valence-corrected chi connectivity index (χ4v) is 1.13. The number of rotatable bonds is 3. The summed E-state index contributed by atoms with van der Waals surface area (Å²) < 4.78 is 0. The van der Waals surface area contributed by atoms with Crippen molar-refractivity contribution >= 4 is 5.69 Å². The Morgan fingerprint density at radius 2 is 1.69 bits per heavy atom. The minimum absolute atomic E-state index is 0.201. The first-order chi connectivity index (χ1) is 6.20. The lowest BCUT2D eigenvalue weighted by atomic mass is 10.1. The summed E-state index contributed by atoms with van der Waals surface area (Å²) in [5.41, 5.74) is 0.237. The van der Waals surface area contributed by atoms with Crippen LogP contribution in [0, 0.1) is 10.1 Å². The van der Waals surface area contributed by atoms with E-state index >= 15 is 0 Å². The van der Waals surface area contributed by atoms with Gasteiger partial charge < -0.3 is 10.2 Å². The zero-order valence-corrected chi connectivity index (χ0v) is 6.80. The van der Waals surface area contributed by atoms with Gasteiger partial charge in [0.05, 0.1) is 29.3 Å². The van der Waals surface area contributed by atoms with Crippen LogP contribution in [0.25, 0.3) is 0 Å². The molecule has 13 heavy (non-hydrogen) atoms. The van der Waals surface area contributed by atoms with Crippen LogP contribution >= 0.6 is 0 Å². The van der Waals surface area contributed by atoms with Crippen molar-refractivity contribution < 1.29 is 15.1 Å². The van der Waals surface area contributed by atoms with E-state index in [4.69, 9.17) is 10.2 Å². The van der Waals surface area contributed by atoms with Gasteiger partial charge >= 0.3 is 0 Å². The first-order valence-corrected chi connectivity index (χ1v) is 3.67. The maximum atomic E-state index is 10.5. The average Bonchev–Trinajstić information content (AvgIpc) is 2.16. The molecule has 0 aliphatic carbocycles. The summed E-state index contributed by atoms with van der Waals surface area (Å²) in [6, 6.07) is 4.47. The standard InChI is InChI=1S/C8H9NO4/c10-4-6-2-1-3-7(5-11)8(6)9(12)13/h1-3,10-11H,4-5H2. The molecule has 0 atom stereocenters. The molecule has 1 rings (SSSR count). The largest absolute Gasteiger partial charge is 0.391 e. The second kappa shape index (κ2) is 3.97. The number of aliphatic hydroxyl groups is 2. The number of hydrogen-bond acceptors (Lipinski definition) is 4. The van der Waals surface area contributed by atoms with Crippen molar-refractivity contribution in [3.8, 4) is 0 Å². The molecule has 2 N–H and O–H groups in total.